The standard InChI is InChI=1S/C10H11N3/c1-2-7-6-8-4-3-5-12-10(8)13-9(7)11/h3-6H,2H2,1H3,(H2,11,12,13). The molecule has 2 N–H and O–H groups in total. The molecule has 66 valence electrons. The highest BCUT2D eigenvalue weighted by Crippen LogP contribution is 2.16. The summed E-state index contributed by atoms with van der Waals surface area (Å²) in [5, 5.41) is 1.05. The van der Waals surface area contributed by atoms with E-state index in [0.29, 0.717) is 5.82 Å². The molecule has 0 aliphatic carbocycles. The van der Waals surface area contributed by atoms with Crippen molar-refractivity contribution in [1.29, 1.82) is 0 Å². The van der Waals surface area contributed by atoms with Gasteiger partial charge in [0.05, 0.1) is 0 Å². The number of hydrogen-bond acceptors (Lipinski definition) is 3. The summed E-state index contributed by atoms with van der Waals surface area (Å²) in [4.78, 5) is 8.34. The Morgan fingerprint density at radius 2 is 2.31 bits per heavy atom. The summed E-state index contributed by atoms with van der Waals surface area (Å²) < 4.78 is 0. The Morgan fingerprint density at radius 3 is 3.08 bits per heavy atom. The second-order valence-corrected chi connectivity index (χ2v) is 2.94. The van der Waals surface area contributed by atoms with E-state index in [1.165, 1.54) is 0 Å². The first-order valence-electron chi connectivity index (χ1n) is 4.31. The topological polar surface area (TPSA) is 51.8 Å². The third-order valence-corrected chi connectivity index (χ3v) is 2.08. The molecule has 0 aliphatic rings. The van der Waals surface area contributed by atoms with Gasteiger partial charge in [-0.15, -0.1) is 0 Å². The molecule has 0 spiro atoms. The lowest BCUT2D eigenvalue weighted by atomic mass is 10.1. The van der Waals surface area contributed by atoms with Crippen LogP contribution in [0.25, 0.3) is 11.0 Å². The molecular formula is C10H11N3. The molecule has 3 nitrogen and oxygen atoms in total. The Labute approximate surface area is 76.6 Å². The maximum absolute atomic E-state index is 5.75. The Balaban J connectivity index is 2.74. The van der Waals surface area contributed by atoms with Gasteiger partial charge < -0.3 is 5.73 Å². The maximum atomic E-state index is 5.75. The molecule has 2 aromatic heterocycles. The van der Waals surface area contributed by atoms with Crippen molar-refractivity contribution in [3.63, 3.8) is 0 Å². The van der Waals surface area contributed by atoms with Crippen molar-refractivity contribution >= 4 is 16.9 Å². The van der Waals surface area contributed by atoms with E-state index in [0.717, 1.165) is 23.0 Å². The molecule has 0 bridgehead atoms. The van der Waals surface area contributed by atoms with Gasteiger partial charge in [0.15, 0.2) is 5.65 Å². The number of nitrogens with zero attached hydrogens (tertiary/aromatic N) is 2. The molecular weight excluding hydrogens is 162 g/mol. The number of anilines is 1. The van der Waals surface area contributed by atoms with Crippen LogP contribution in [0.15, 0.2) is 24.4 Å². The lowest BCUT2D eigenvalue weighted by molar-refractivity contribution is 1.12. The highest BCUT2D eigenvalue weighted by molar-refractivity contribution is 5.77. The minimum Gasteiger partial charge on any atom is -0.383 e. The number of nitrogen functional groups attached to an aromatic ring is 1. The van der Waals surface area contributed by atoms with Gasteiger partial charge in [0.25, 0.3) is 0 Å². The van der Waals surface area contributed by atoms with Crippen molar-refractivity contribution in [2.24, 2.45) is 0 Å². The molecule has 2 rings (SSSR count). The van der Waals surface area contributed by atoms with Crippen molar-refractivity contribution in [2.75, 3.05) is 5.73 Å². The number of fused-ring (bicyclic) bond motifs is 1. The lowest BCUT2D eigenvalue weighted by Crippen LogP contribution is -1.97. The zero-order chi connectivity index (χ0) is 9.26. The van der Waals surface area contributed by atoms with Crippen LogP contribution in [0.4, 0.5) is 5.82 Å². The lowest BCUT2D eigenvalue weighted by Gasteiger charge is -2.03. The van der Waals surface area contributed by atoms with Gasteiger partial charge in [-0.2, -0.15) is 0 Å². The average Bonchev–Trinajstić information content (AvgIpc) is 2.17. The molecule has 2 aromatic rings. The summed E-state index contributed by atoms with van der Waals surface area (Å²) in [5.74, 6) is 0.591. The van der Waals surface area contributed by atoms with E-state index in [9.17, 15) is 0 Å². The van der Waals surface area contributed by atoms with E-state index in [-0.39, 0.29) is 0 Å². The van der Waals surface area contributed by atoms with Crippen LogP contribution >= 0.6 is 0 Å². The summed E-state index contributed by atoms with van der Waals surface area (Å²) in [6, 6.07) is 5.94. The van der Waals surface area contributed by atoms with Crippen LogP contribution in [0.2, 0.25) is 0 Å². The van der Waals surface area contributed by atoms with Crippen LogP contribution < -0.4 is 5.73 Å². The fraction of sp³-hybridized carbons (Fsp3) is 0.200. The van der Waals surface area contributed by atoms with E-state index in [1.807, 2.05) is 18.2 Å². The van der Waals surface area contributed by atoms with Crippen LogP contribution in [-0.4, -0.2) is 9.97 Å². The van der Waals surface area contributed by atoms with Gasteiger partial charge in [-0.3, -0.25) is 0 Å². The van der Waals surface area contributed by atoms with E-state index in [2.05, 4.69) is 16.9 Å². The summed E-state index contributed by atoms with van der Waals surface area (Å²) in [5.41, 5.74) is 7.55. The summed E-state index contributed by atoms with van der Waals surface area (Å²) in [6.45, 7) is 2.07. The molecule has 3 heteroatoms. The molecule has 0 radical (unpaired) electrons. The fourth-order valence-corrected chi connectivity index (χ4v) is 1.35. The highest BCUT2D eigenvalue weighted by Gasteiger charge is 2.01. The first kappa shape index (κ1) is 7.98. The molecule has 2 heterocycles. The zero-order valence-corrected chi connectivity index (χ0v) is 7.49. The van der Waals surface area contributed by atoms with Gasteiger partial charge in [-0.1, -0.05) is 6.92 Å². The largest absolute Gasteiger partial charge is 0.383 e. The normalized spacial score (nSPS) is 10.5. The number of pyridine rings is 2. The smallest absolute Gasteiger partial charge is 0.161 e. The van der Waals surface area contributed by atoms with E-state index in [1.54, 1.807) is 6.20 Å². The minimum absolute atomic E-state index is 0.591. The van der Waals surface area contributed by atoms with Gasteiger partial charge in [0.1, 0.15) is 5.82 Å². The number of rotatable bonds is 1. The summed E-state index contributed by atoms with van der Waals surface area (Å²) in [7, 11) is 0. The minimum atomic E-state index is 0.591. The van der Waals surface area contributed by atoms with Crippen LogP contribution in [0, 0.1) is 0 Å². The van der Waals surface area contributed by atoms with Gasteiger partial charge in [-0.25, -0.2) is 9.97 Å². The third-order valence-electron chi connectivity index (χ3n) is 2.08. The predicted octanol–water partition coefficient (Wildman–Crippen LogP) is 1.77. The summed E-state index contributed by atoms with van der Waals surface area (Å²) in [6.07, 6.45) is 2.63. The van der Waals surface area contributed by atoms with Gasteiger partial charge >= 0.3 is 0 Å². The Hall–Kier alpha value is -1.64. The second kappa shape index (κ2) is 3.01. The Kier molecular flexibility index (Phi) is 1.85. The molecule has 0 amide bonds. The van der Waals surface area contributed by atoms with E-state index < -0.39 is 0 Å². The van der Waals surface area contributed by atoms with Crippen molar-refractivity contribution in [3.05, 3.63) is 30.0 Å². The molecule has 0 atom stereocenters. The first-order chi connectivity index (χ1) is 6.31. The summed E-state index contributed by atoms with van der Waals surface area (Å²) >= 11 is 0. The first-order valence-corrected chi connectivity index (χ1v) is 4.31. The van der Waals surface area contributed by atoms with Gasteiger partial charge in [0, 0.05) is 11.6 Å². The Bertz CT molecular complexity index is 437. The van der Waals surface area contributed by atoms with Gasteiger partial charge in [-0.05, 0) is 30.2 Å². The van der Waals surface area contributed by atoms with Gasteiger partial charge in [0.2, 0.25) is 0 Å². The predicted molar refractivity (Wildman–Crippen MR) is 53.3 cm³/mol. The zero-order valence-electron chi connectivity index (χ0n) is 7.49. The quantitative estimate of drug-likeness (QED) is 0.715. The highest BCUT2D eigenvalue weighted by atomic mass is 14.9. The number of aryl methyl sites for hydroxylation is 1. The SMILES string of the molecule is CCc1cc2cccnc2nc1N. The molecule has 0 saturated carbocycles. The van der Waals surface area contributed by atoms with Crippen LogP contribution in [-0.2, 0) is 6.42 Å². The molecule has 13 heavy (non-hydrogen) atoms. The second-order valence-electron chi connectivity index (χ2n) is 2.94. The molecule has 0 unspecified atom stereocenters. The molecule has 0 saturated heterocycles. The maximum Gasteiger partial charge on any atom is 0.161 e. The van der Waals surface area contributed by atoms with Crippen molar-refractivity contribution in [3.8, 4) is 0 Å². The molecule has 0 aromatic carbocycles. The van der Waals surface area contributed by atoms with Crippen molar-refractivity contribution in [1.82, 2.24) is 9.97 Å². The average molecular weight is 173 g/mol. The van der Waals surface area contributed by atoms with Crippen molar-refractivity contribution in [2.45, 2.75) is 13.3 Å². The number of aromatic nitrogens is 2. The third kappa shape index (κ3) is 1.33. The monoisotopic (exact) mass is 173 g/mol. The fourth-order valence-electron chi connectivity index (χ4n) is 1.35. The molecule has 0 fully saturated rings. The number of nitrogens with two attached hydrogens (primary N) is 1. The van der Waals surface area contributed by atoms with E-state index >= 15 is 0 Å². The molecule has 0 aliphatic heterocycles. The van der Waals surface area contributed by atoms with Crippen LogP contribution in [0.5, 0.6) is 0 Å². The van der Waals surface area contributed by atoms with Crippen LogP contribution in [0.3, 0.4) is 0 Å². The van der Waals surface area contributed by atoms with Crippen molar-refractivity contribution < 1.29 is 0 Å². The van der Waals surface area contributed by atoms with Crippen LogP contribution in [0.1, 0.15) is 12.5 Å². The number of hydrogen-bond donors (Lipinski definition) is 1. The Morgan fingerprint density at radius 1 is 1.46 bits per heavy atom. The van der Waals surface area contributed by atoms with E-state index in [4.69, 9.17) is 5.73 Å².